The molecule has 0 fully saturated rings. The number of nitrogen functional groups attached to an aromatic ring is 1. The summed E-state index contributed by atoms with van der Waals surface area (Å²) in [6, 6.07) is 16.4. The highest BCUT2D eigenvalue weighted by Gasteiger charge is 2.22. The molecule has 3 aromatic carbocycles. The summed E-state index contributed by atoms with van der Waals surface area (Å²) < 4.78 is 40.4. The van der Waals surface area contributed by atoms with Crippen LogP contribution in [0.1, 0.15) is 27.0 Å². The van der Waals surface area contributed by atoms with Gasteiger partial charge in [-0.3, -0.25) is 9.59 Å². The molecule has 2 aromatic heterocycles. The molecule has 0 saturated carbocycles. The van der Waals surface area contributed by atoms with Gasteiger partial charge in [-0.1, -0.05) is 36.1 Å². The van der Waals surface area contributed by atoms with Gasteiger partial charge in [0.05, 0.1) is 6.33 Å². The molecule has 1 aliphatic heterocycles. The van der Waals surface area contributed by atoms with Gasteiger partial charge in [0, 0.05) is 34.7 Å². The molecule has 234 valence electrons. The van der Waals surface area contributed by atoms with Gasteiger partial charge in [-0.05, 0) is 59.5 Å². The van der Waals surface area contributed by atoms with Crippen LogP contribution in [0.25, 0.3) is 44.6 Å². The number of nitrogens with one attached hydrogen (secondary N) is 2. The molecule has 7 rings (SSSR count). The third-order valence-electron chi connectivity index (χ3n) is 7.71. The van der Waals surface area contributed by atoms with E-state index in [2.05, 4.69) is 25.3 Å². The lowest BCUT2D eigenvalue weighted by atomic mass is 9.90. The van der Waals surface area contributed by atoms with E-state index in [1.54, 1.807) is 25.1 Å². The number of aryl methyl sites for hydroxylation is 1. The Labute approximate surface area is 264 Å². The summed E-state index contributed by atoms with van der Waals surface area (Å²) in [4.78, 5) is 40.3. The van der Waals surface area contributed by atoms with Crippen molar-refractivity contribution in [2.45, 2.75) is 20.1 Å². The minimum atomic E-state index is -1.00. The van der Waals surface area contributed by atoms with Gasteiger partial charge in [-0.2, -0.15) is 9.97 Å². The van der Waals surface area contributed by atoms with E-state index < -0.39 is 22.8 Å². The van der Waals surface area contributed by atoms with Crippen LogP contribution in [-0.4, -0.2) is 25.8 Å². The summed E-state index contributed by atoms with van der Waals surface area (Å²) >= 11 is 0. The molecule has 0 atom stereocenters. The Morgan fingerprint density at radius 3 is 2.57 bits per heavy atom. The number of hydrogen-bond donors (Lipinski definition) is 3. The van der Waals surface area contributed by atoms with Crippen molar-refractivity contribution in [3.05, 3.63) is 117 Å². The van der Waals surface area contributed by atoms with Crippen molar-refractivity contribution in [1.82, 2.24) is 25.3 Å². The van der Waals surface area contributed by atoms with Crippen LogP contribution in [0, 0.1) is 18.6 Å². The number of H-pyrrole nitrogens is 1. The van der Waals surface area contributed by atoms with Crippen LogP contribution in [0.5, 0.6) is 11.6 Å². The zero-order valence-corrected chi connectivity index (χ0v) is 24.6. The average Bonchev–Trinajstić information content (AvgIpc) is 3.52. The molecule has 0 unspecified atom stereocenters. The molecule has 0 spiro atoms. The highest BCUT2D eigenvalue weighted by atomic mass is 19.1. The number of aromatic amines is 1. The molecule has 0 radical (unpaired) electrons. The second-order valence-electron chi connectivity index (χ2n) is 10.8. The molecule has 0 saturated heterocycles. The number of aromatic nitrogens is 4. The lowest BCUT2D eigenvalue weighted by Gasteiger charge is -2.19. The maximum Gasteiger partial charge on any atom is 0.251 e. The monoisotopic (exact) mass is 633 g/mol. The number of rotatable bonds is 7. The van der Waals surface area contributed by atoms with E-state index >= 15 is 0 Å². The van der Waals surface area contributed by atoms with Crippen LogP contribution < -0.4 is 26.3 Å². The Kier molecular flexibility index (Phi) is 7.20. The molecule has 1 amide bonds. The van der Waals surface area contributed by atoms with Crippen LogP contribution >= 0.6 is 0 Å². The molecule has 0 bridgehead atoms. The maximum absolute atomic E-state index is 14.4. The number of anilines is 1. The van der Waals surface area contributed by atoms with Crippen molar-refractivity contribution in [3.8, 4) is 34.1 Å². The van der Waals surface area contributed by atoms with E-state index in [-0.39, 0.29) is 47.3 Å². The fourth-order valence-electron chi connectivity index (χ4n) is 5.38. The van der Waals surface area contributed by atoms with E-state index in [4.69, 9.17) is 14.9 Å². The SMILES string of the molecule is Cc1cc(C(=O)NCc2ccc(COc3nc(N)nc4nc[nH]c34)cc2)ccc1-c1c2cc(F)c(=O)cc-2oc2cc([O-])c(F)cc12. The summed E-state index contributed by atoms with van der Waals surface area (Å²) in [6.45, 7) is 2.22. The predicted molar refractivity (Wildman–Crippen MR) is 167 cm³/mol. The van der Waals surface area contributed by atoms with Crippen molar-refractivity contribution < 1.29 is 27.8 Å². The number of imidazole rings is 1. The third-order valence-corrected chi connectivity index (χ3v) is 7.71. The Hall–Kier alpha value is -6.37. The zero-order valence-electron chi connectivity index (χ0n) is 24.6. The number of amides is 1. The number of benzene rings is 4. The van der Waals surface area contributed by atoms with Crippen LogP contribution in [0.3, 0.4) is 0 Å². The minimum Gasteiger partial charge on any atom is -0.870 e. The second kappa shape index (κ2) is 11.5. The lowest BCUT2D eigenvalue weighted by molar-refractivity contribution is -0.272. The first-order valence-electron chi connectivity index (χ1n) is 14.3. The van der Waals surface area contributed by atoms with Crippen LogP contribution in [-0.2, 0) is 13.2 Å². The molecule has 13 heteroatoms. The zero-order chi connectivity index (χ0) is 32.8. The fraction of sp³-hybridized carbons (Fsp3) is 0.0882. The molecular formula is C34H23F2N6O5-. The predicted octanol–water partition coefficient (Wildman–Crippen LogP) is 4.98. The highest BCUT2D eigenvalue weighted by Crippen LogP contribution is 2.42. The normalized spacial score (nSPS) is 11.4. The van der Waals surface area contributed by atoms with E-state index in [0.29, 0.717) is 39.3 Å². The molecule has 5 aromatic rings. The number of ether oxygens (including phenoxy) is 1. The van der Waals surface area contributed by atoms with Crippen molar-refractivity contribution in [2.75, 3.05) is 5.73 Å². The third kappa shape index (κ3) is 5.54. The van der Waals surface area contributed by atoms with Crippen LogP contribution in [0.4, 0.5) is 14.7 Å². The lowest BCUT2D eigenvalue weighted by Crippen LogP contribution is -2.22. The largest absolute Gasteiger partial charge is 0.870 e. The standard InChI is InChI=1S/C34H24F2N6O5/c1-16-8-19(6-7-20(16)29-21-9-23(35)25(43)11-27(21)47-28-12-26(44)24(36)10-22(28)29)32(45)38-13-17-2-4-18(5-3-17)14-46-33-30-31(40-15-39-30)41-34(37)42-33/h2-12,15,43H,13-14H2,1H3,(H,38,45)(H3,37,39,40,41,42)/p-1. The van der Waals surface area contributed by atoms with E-state index in [1.165, 1.54) is 6.33 Å². The van der Waals surface area contributed by atoms with Gasteiger partial charge in [-0.15, -0.1) is 0 Å². The Bertz CT molecular complexity index is 2370. The molecule has 3 heterocycles. The summed E-state index contributed by atoms with van der Waals surface area (Å²) in [5.74, 6) is -2.84. The Balaban J connectivity index is 1.09. The maximum atomic E-state index is 14.4. The fourth-order valence-corrected chi connectivity index (χ4v) is 5.38. The summed E-state index contributed by atoms with van der Waals surface area (Å²) in [6.07, 6.45) is 1.48. The van der Waals surface area contributed by atoms with Gasteiger partial charge in [0.25, 0.3) is 5.91 Å². The summed E-state index contributed by atoms with van der Waals surface area (Å²) in [5.41, 5.74) is 9.66. The van der Waals surface area contributed by atoms with Crippen molar-refractivity contribution in [3.63, 3.8) is 0 Å². The van der Waals surface area contributed by atoms with E-state index in [9.17, 15) is 23.5 Å². The van der Waals surface area contributed by atoms with Gasteiger partial charge in [0.1, 0.15) is 29.3 Å². The van der Waals surface area contributed by atoms with Gasteiger partial charge >= 0.3 is 0 Å². The average molecular weight is 634 g/mol. The molecule has 47 heavy (non-hydrogen) atoms. The van der Waals surface area contributed by atoms with Crippen molar-refractivity contribution in [2.24, 2.45) is 0 Å². The Morgan fingerprint density at radius 2 is 1.79 bits per heavy atom. The number of fused-ring (bicyclic) bond motifs is 3. The molecule has 1 aliphatic carbocycles. The van der Waals surface area contributed by atoms with Crippen LogP contribution in [0.2, 0.25) is 0 Å². The second-order valence-corrected chi connectivity index (χ2v) is 10.8. The molecule has 4 N–H and O–H groups in total. The van der Waals surface area contributed by atoms with E-state index in [1.807, 2.05) is 24.3 Å². The topological polar surface area (TPSA) is 172 Å². The van der Waals surface area contributed by atoms with Crippen molar-refractivity contribution >= 4 is 34.0 Å². The van der Waals surface area contributed by atoms with Gasteiger partial charge < -0.3 is 30.3 Å². The quantitative estimate of drug-likeness (QED) is 0.205. The molecular weight excluding hydrogens is 610 g/mol. The Morgan fingerprint density at radius 1 is 1.00 bits per heavy atom. The first-order chi connectivity index (χ1) is 22.6. The molecule has 2 aliphatic rings. The highest BCUT2D eigenvalue weighted by molar-refractivity contribution is 6.03. The summed E-state index contributed by atoms with van der Waals surface area (Å²) in [7, 11) is 0. The minimum absolute atomic E-state index is 0.0394. The smallest absolute Gasteiger partial charge is 0.251 e. The number of halogens is 2. The van der Waals surface area contributed by atoms with E-state index in [0.717, 1.165) is 35.4 Å². The van der Waals surface area contributed by atoms with Gasteiger partial charge in [0.15, 0.2) is 11.5 Å². The number of nitrogens with two attached hydrogens (primary N) is 1. The number of carbonyl (C=O) groups is 1. The molecule has 11 nitrogen and oxygen atoms in total. The first-order valence-corrected chi connectivity index (χ1v) is 14.3. The number of carbonyl (C=O) groups excluding carboxylic acids is 1. The first kappa shape index (κ1) is 29.3. The van der Waals surface area contributed by atoms with Gasteiger partial charge in [-0.25, -0.2) is 13.8 Å². The van der Waals surface area contributed by atoms with Gasteiger partial charge in [0.2, 0.25) is 17.3 Å². The number of hydrogen-bond acceptors (Lipinski definition) is 9. The number of nitrogens with zero attached hydrogens (tertiary/aromatic N) is 3. The van der Waals surface area contributed by atoms with Crippen molar-refractivity contribution in [1.29, 1.82) is 0 Å². The summed E-state index contributed by atoms with van der Waals surface area (Å²) in [5, 5.41) is 15.1. The van der Waals surface area contributed by atoms with Crippen LogP contribution in [0.15, 0.2) is 82.3 Å².